The van der Waals surface area contributed by atoms with Gasteiger partial charge < -0.3 is 26.8 Å². The molecule has 13 heteroatoms. The molecule has 0 radical (unpaired) electrons. The molecular formula is C33H36N8O5. The first-order valence-electron chi connectivity index (χ1n) is 15.1. The molecule has 0 saturated heterocycles. The summed E-state index contributed by atoms with van der Waals surface area (Å²) in [6.45, 7) is 2.28. The number of aromatic nitrogens is 4. The van der Waals surface area contributed by atoms with Gasteiger partial charge in [0, 0.05) is 35.7 Å². The maximum Gasteiger partial charge on any atom is 0.404 e. The van der Waals surface area contributed by atoms with Crippen molar-refractivity contribution < 1.29 is 24.3 Å². The van der Waals surface area contributed by atoms with E-state index >= 15 is 0 Å². The Morgan fingerprint density at radius 1 is 0.957 bits per heavy atom. The number of aryl methyl sites for hydroxylation is 1. The van der Waals surface area contributed by atoms with Crippen LogP contribution >= 0.6 is 0 Å². The van der Waals surface area contributed by atoms with Crippen molar-refractivity contribution in [3.05, 3.63) is 83.4 Å². The van der Waals surface area contributed by atoms with Crippen LogP contribution in [0.3, 0.4) is 0 Å². The summed E-state index contributed by atoms with van der Waals surface area (Å²) >= 11 is 0. The van der Waals surface area contributed by atoms with E-state index in [1.807, 2.05) is 37.3 Å². The lowest BCUT2D eigenvalue weighted by Crippen LogP contribution is -2.48. The first-order chi connectivity index (χ1) is 22.2. The third kappa shape index (κ3) is 8.11. The van der Waals surface area contributed by atoms with Crippen LogP contribution in [0.4, 0.5) is 10.5 Å². The van der Waals surface area contributed by atoms with E-state index in [1.165, 1.54) is 0 Å². The molecule has 0 spiro atoms. The Kier molecular flexibility index (Phi) is 10.0. The molecule has 46 heavy (non-hydrogen) atoms. The SMILES string of the molecule is Cc1cc(C(N)=O)ccc1-c1ccc(C[C@H](NC(=O)C2CCC(CNC(=O)O)CC2)C(=O)Nc2ccc(-c3nn[nH]n3)cc2)cc1. The normalized spacial score (nSPS) is 16.6. The fourth-order valence-corrected chi connectivity index (χ4v) is 5.77. The molecule has 4 amide bonds. The summed E-state index contributed by atoms with van der Waals surface area (Å²) in [6, 6.07) is 19.2. The number of nitrogens with one attached hydrogen (secondary N) is 4. The van der Waals surface area contributed by atoms with Gasteiger partial charge in [-0.05, 0) is 102 Å². The highest BCUT2D eigenvalue weighted by Crippen LogP contribution is 2.29. The smallest absolute Gasteiger partial charge is 0.404 e. The van der Waals surface area contributed by atoms with Crippen LogP contribution in [0.1, 0.15) is 47.2 Å². The number of carbonyl (C=O) groups is 4. The lowest BCUT2D eigenvalue weighted by atomic mass is 9.81. The summed E-state index contributed by atoms with van der Waals surface area (Å²) in [5.41, 5.74) is 10.8. The number of H-pyrrole nitrogens is 1. The predicted molar refractivity (Wildman–Crippen MR) is 170 cm³/mol. The minimum atomic E-state index is -1.05. The van der Waals surface area contributed by atoms with Gasteiger partial charge in [0.15, 0.2) is 0 Å². The van der Waals surface area contributed by atoms with Gasteiger partial charge in [0.1, 0.15) is 6.04 Å². The van der Waals surface area contributed by atoms with Crippen LogP contribution in [-0.2, 0) is 16.0 Å². The molecular weight excluding hydrogens is 588 g/mol. The lowest BCUT2D eigenvalue weighted by molar-refractivity contribution is -0.130. The monoisotopic (exact) mass is 624 g/mol. The van der Waals surface area contributed by atoms with Crippen LogP contribution in [0.15, 0.2) is 66.7 Å². The van der Waals surface area contributed by atoms with E-state index in [-0.39, 0.29) is 30.1 Å². The minimum absolute atomic E-state index is 0.184. The fraction of sp³-hybridized carbons (Fsp3) is 0.303. The third-order valence-electron chi connectivity index (χ3n) is 8.36. The average molecular weight is 625 g/mol. The summed E-state index contributed by atoms with van der Waals surface area (Å²) in [7, 11) is 0. The first kappa shape index (κ1) is 31.8. The number of anilines is 1. The van der Waals surface area contributed by atoms with Crippen molar-refractivity contribution in [2.45, 2.75) is 45.1 Å². The number of primary amides is 1. The Hall–Kier alpha value is -5.59. The van der Waals surface area contributed by atoms with Gasteiger partial charge in [0.05, 0.1) is 0 Å². The average Bonchev–Trinajstić information content (AvgIpc) is 3.60. The number of hydrogen-bond acceptors (Lipinski definition) is 7. The van der Waals surface area contributed by atoms with Gasteiger partial charge >= 0.3 is 6.09 Å². The zero-order chi connectivity index (χ0) is 32.6. The number of carbonyl (C=O) groups excluding carboxylic acids is 3. The van der Waals surface area contributed by atoms with Crippen LogP contribution < -0.4 is 21.7 Å². The van der Waals surface area contributed by atoms with Gasteiger partial charge in [-0.25, -0.2) is 4.79 Å². The largest absolute Gasteiger partial charge is 0.465 e. The molecule has 0 aliphatic heterocycles. The molecule has 4 aromatic rings. The second kappa shape index (κ2) is 14.5. The highest BCUT2D eigenvalue weighted by atomic mass is 16.4. The van der Waals surface area contributed by atoms with Gasteiger partial charge in [-0.15, -0.1) is 10.2 Å². The van der Waals surface area contributed by atoms with Crippen molar-refractivity contribution in [2.75, 3.05) is 11.9 Å². The van der Waals surface area contributed by atoms with Gasteiger partial charge in [0.2, 0.25) is 23.5 Å². The molecule has 1 aliphatic rings. The molecule has 1 heterocycles. The molecule has 3 aromatic carbocycles. The molecule has 1 atom stereocenters. The highest BCUT2D eigenvalue weighted by Gasteiger charge is 2.30. The number of hydrogen-bond donors (Lipinski definition) is 6. The second-order valence-corrected chi connectivity index (χ2v) is 11.6. The maximum atomic E-state index is 13.6. The Bertz CT molecular complexity index is 1680. The Morgan fingerprint density at radius 3 is 2.26 bits per heavy atom. The molecule has 0 unspecified atom stereocenters. The van der Waals surface area contributed by atoms with E-state index in [0.29, 0.717) is 36.5 Å². The lowest BCUT2D eigenvalue weighted by Gasteiger charge is -2.29. The third-order valence-corrected chi connectivity index (χ3v) is 8.36. The molecule has 238 valence electrons. The molecule has 5 rings (SSSR count). The van der Waals surface area contributed by atoms with E-state index in [2.05, 4.69) is 36.6 Å². The second-order valence-electron chi connectivity index (χ2n) is 11.6. The molecule has 13 nitrogen and oxygen atoms in total. The number of carboxylic acid groups (broad SMARTS) is 1. The van der Waals surface area contributed by atoms with Crippen molar-refractivity contribution >= 4 is 29.5 Å². The van der Waals surface area contributed by atoms with Crippen molar-refractivity contribution in [3.8, 4) is 22.5 Å². The molecule has 1 aliphatic carbocycles. The van der Waals surface area contributed by atoms with Crippen LogP contribution in [0.5, 0.6) is 0 Å². The topological polar surface area (TPSA) is 205 Å². The van der Waals surface area contributed by atoms with Gasteiger partial charge in [-0.3, -0.25) is 14.4 Å². The van der Waals surface area contributed by atoms with Gasteiger partial charge in [-0.1, -0.05) is 30.3 Å². The Labute approximate surface area is 265 Å². The molecule has 7 N–H and O–H groups in total. The number of benzene rings is 3. The van der Waals surface area contributed by atoms with E-state index in [4.69, 9.17) is 10.8 Å². The van der Waals surface area contributed by atoms with Crippen molar-refractivity contribution in [2.24, 2.45) is 17.6 Å². The standard InChI is InChI=1S/C33H36N8O5/c1-19-16-25(29(34)42)12-15-27(19)22-6-2-20(3-7-22)17-28(37-31(43)24-8-4-21(5-9-24)18-35-33(45)46)32(44)36-26-13-10-23(11-14-26)30-38-40-41-39-30/h2-3,6-7,10-16,21,24,28,35H,4-5,8-9,17-18H2,1H3,(H2,34,42)(H,36,44)(H,37,43)(H,45,46)(H,38,39,40,41)/t21?,24?,28-/m0/s1. The number of aromatic amines is 1. The zero-order valence-corrected chi connectivity index (χ0v) is 25.3. The summed E-state index contributed by atoms with van der Waals surface area (Å²) in [5.74, 6) is -0.689. The number of nitrogens with two attached hydrogens (primary N) is 1. The number of tetrazole rings is 1. The predicted octanol–water partition coefficient (Wildman–Crippen LogP) is 3.68. The van der Waals surface area contributed by atoms with Crippen LogP contribution in [0.2, 0.25) is 0 Å². The van der Waals surface area contributed by atoms with E-state index in [0.717, 1.165) is 40.7 Å². The zero-order valence-electron chi connectivity index (χ0n) is 25.3. The molecule has 0 bridgehead atoms. The highest BCUT2D eigenvalue weighted by molar-refractivity contribution is 5.98. The van der Waals surface area contributed by atoms with E-state index in [9.17, 15) is 19.2 Å². The number of nitrogens with zero attached hydrogens (tertiary/aromatic N) is 3. The first-order valence-corrected chi connectivity index (χ1v) is 15.1. The van der Waals surface area contributed by atoms with Gasteiger partial charge in [0.25, 0.3) is 0 Å². The molecule has 1 fully saturated rings. The van der Waals surface area contributed by atoms with Crippen molar-refractivity contribution in [1.29, 1.82) is 0 Å². The van der Waals surface area contributed by atoms with Gasteiger partial charge in [-0.2, -0.15) is 5.21 Å². The number of amides is 4. The summed E-state index contributed by atoms with van der Waals surface area (Å²) < 4.78 is 0. The van der Waals surface area contributed by atoms with Crippen LogP contribution in [0.25, 0.3) is 22.5 Å². The molecule has 1 saturated carbocycles. The molecule has 1 aromatic heterocycles. The quantitative estimate of drug-likeness (QED) is 0.145. The minimum Gasteiger partial charge on any atom is -0.465 e. The fourth-order valence-electron chi connectivity index (χ4n) is 5.77. The summed E-state index contributed by atoms with van der Waals surface area (Å²) in [6.07, 6.45) is 1.89. The summed E-state index contributed by atoms with van der Waals surface area (Å²) in [5, 5.41) is 31.1. The van der Waals surface area contributed by atoms with Crippen LogP contribution in [0, 0.1) is 18.8 Å². The summed E-state index contributed by atoms with van der Waals surface area (Å²) in [4.78, 5) is 49.4. The van der Waals surface area contributed by atoms with Crippen molar-refractivity contribution in [3.63, 3.8) is 0 Å². The van der Waals surface area contributed by atoms with E-state index < -0.39 is 18.0 Å². The van der Waals surface area contributed by atoms with Crippen molar-refractivity contribution in [1.82, 2.24) is 31.3 Å². The van der Waals surface area contributed by atoms with Crippen LogP contribution in [-0.4, -0.2) is 62.1 Å². The Balaban J connectivity index is 1.29. The Morgan fingerprint density at radius 2 is 1.65 bits per heavy atom. The maximum absolute atomic E-state index is 13.6. The number of rotatable bonds is 11. The van der Waals surface area contributed by atoms with E-state index in [1.54, 1.807) is 36.4 Å².